The molecular weight excluding hydrogens is 392 g/mol. The zero-order valence-corrected chi connectivity index (χ0v) is 17.0. The third-order valence-electron chi connectivity index (χ3n) is 5.55. The van der Waals surface area contributed by atoms with Gasteiger partial charge in [-0.1, -0.05) is 60.7 Å². The molecule has 6 rings (SSSR count). The minimum absolute atomic E-state index is 0.161. The number of rotatable bonds is 8. The summed E-state index contributed by atoms with van der Waals surface area (Å²) in [6, 6.07) is 24.3. The Bertz CT molecular complexity index is 1150. The summed E-state index contributed by atoms with van der Waals surface area (Å²) in [4.78, 5) is 0. The van der Waals surface area contributed by atoms with Crippen LogP contribution in [0.2, 0.25) is 0 Å². The van der Waals surface area contributed by atoms with Crippen molar-refractivity contribution in [3.8, 4) is 23.0 Å². The minimum atomic E-state index is 0.161. The molecule has 2 atom stereocenters. The lowest BCUT2D eigenvalue weighted by molar-refractivity contribution is 0.248. The van der Waals surface area contributed by atoms with Crippen molar-refractivity contribution in [2.45, 2.75) is 12.2 Å². The van der Waals surface area contributed by atoms with Gasteiger partial charge >= 0.3 is 0 Å². The van der Waals surface area contributed by atoms with Gasteiger partial charge in [0.25, 0.3) is 0 Å². The van der Waals surface area contributed by atoms with Gasteiger partial charge in [0.2, 0.25) is 0 Å². The van der Waals surface area contributed by atoms with Crippen LogP contribution in [0.4, 0.5) is 0 Å². The Balaban J connectivity index is 1.46. The highest BCUT2D eigenvalue weighted by Crippen LogP contribution is 2.45. The molecule has 2 aliphatic rings. The number of hydrogen-bond acceptors (Lipinski definition) is 5. The van der Waals surface area contributed by atoms with Gasteiger partial charge in [-0.2, -0.15) is 0 Å². The second-order valence-electron chi connectivity index (χ2n) is 7.86. The van der Waals surface area contributed by atoms with Gasteiger partial charge in [0, 0.05) is 10.8 Å². The first-order valence-corrected chi connectivity index (χ1v) is 10.6. The Kier molecular flexibility index (Phi) is 4.63. The molecule has 0 spiro atoms. The number of ether oxygens (including phenoxy) is 5. The smallest absolute Gasteiger partial charge is 0.177 e. The van der Waals surface area contributed by atoms with E-state index in [1.807, 2.05) is 36.4 Å². The van der Waals surface area contributed by atoms with Gasteiger partial charge in [-0.3, -0.25) is 0 Å². The molecule has 156 valence electrons. The Labute approximate surface area is 180 Å². The first-order valence-electron chi connectivity index (χ1n) is 10.6. The zero-order chi connectivity index (χ0) is 20.6. The van der Waals surface area contributed by atoms with E-state index in [9.17, 15) is 0 Å². The Morgan fingerprint density at radius 2 is 1.06 bits per heavy atom. The molecule has 2 fully saturated rings. The average Bonchev–Trinajstić information content (AvgIpc) is 3.73. The van der Waals surface area contributed by atoms with Gasteiger partial charge in [0.05, 0.1) is 13.2 Å². The van der Waals surface area contributed by atoms with E-state index in [2.05, 4.69) is 36.4 Å². The van der Waals surface area contributed by atoms with E-state index < -0.39 is 0 Å². The summed E-state index contributed by atoms with van der Waals surface area (Å²) in [6.45, 7) is 2.50. The fraction of sp³-hybridized carbons (Fsp3) is 0.231. The van der Waals surface area contributed by atoms with Crippen molar-refractivity contribution < 1.29 is 23.7 Å². The SMILES string of the molecule is c1ccc2c(Oc3c(OCC4CO4)ccc4ccccc34)c(OCC3CO3)ccc2c1. The van der Waals surface area contributed by atoms with Crippen LogP contribution in [0.1, 0.15) is 0 Å². The molecule has 31 heavy (non-hydrogen) atoms. The minimum Gasteiger partial charge on any atom is -0.487 e. The third-order valence-corrected chi connectivity index (χ3v) is 5.55. The zero-order valence-electron chi connectivity index (χ0n) is 17.0. The maximum atomic E-state index is 6.64. The Morgan fingerprint density at radius 3 is 1.52 bits per heavy atom. The van der Waals surface area contributed by atoms with Crippen molar-refractivity contribution in [3.05, 3.63) is 72.8 Å². The number of epoxide rings is 2. The van der Waals surface area contributed by atoms with Gasteiger partial charge in [0.1, 0.15) is 25.4 Å². The van der Waals surface area contributed by atoms with Crippen LogP contribution in [0, 0.1) is 0 Å². The van der Waals surface area contributed by atoms with Crippen molar-refractivity contribution in [2.24, 2.45) is 0 Å². The molecule has 0 aliphatic carbocycles. The molecule has 2 heterocycles. The quantitative estimate of drug-likeness (QED) is 0.364. The summed E-state index contributed by atoms with van der Waals surface area (Å²) in [6.07, 6.45) is 0.323. The van der Waals surface area contributed by atoms with E-state index in [1.165, 1.54) is 0 Å². The van der Waals surface area contributed by atoms with Crippen molar-refractivity contribution in [1.82, 2.24) is 0 Å². The number of benzene rings is 4. The summed E-state index contributed by atoms with van der Waals surface area (Å²) >= 11 is 0. The monoisotopic (exact) mass is 414 g/mol. The van der Waals surface area contributed by atoms with E-state index >= 15 is 0 Å². The fourth-order valence-corrected chi connectivity index (χ4v) is 3.68. The largest absolute Gasteiger partial charge is 0.487 e. The molecule has 0 saturated carbocycles. The van der Waals surface area contributed by atoms with Gasteiger partial charge in [-0.15, -0.1) is 0 Å². The molecule has 4 aromatic rings. The highest BCUT2D eigenvalue weighted by molar-refractivity contribution is 5.94. The lowest BCUT2D eigenvalue weighted by atomic mass is 10.1. The van der Waals surface area contributed by atoms with E-state index in [0.717, 1.165) is 34.8 Å². The molecule has 5 heteroatoms. The molecular formula is C26H22O5. The molecule has 2 unspecified atom stereocenters. The van der Waals surface area contributed by atoms with E-state index in [-0.39, 0.29) is 12.2 Å². The predicted molar refractivity (Wildman–Crippen MR) is 118 cm³/mol. The Hall–Kier alpha value is -3.28. The van der Waals surface area contributed by atoms with Crippen LogP contribution >= 0.6 is 0 Å². The van der Waals surface area contributed by atoms with Crippen LogP contribution in [-0.2, 0) is 9.47 Å². The van der Waals surface area contributed by atoms with E-state index in [0.29, 0.717) is 36.2 Å². The summed E-state index contributed by atoms with van der Waals surface area (Å²) in [5.41, 5.74) is 0. The van der Waals surface area contributed by atoms with Gasteiger partial charge in [-0.05, 0) is 22.9 Å². The van der Waals surface area contributed by atoms with Crippen molar-refractivity contribution in [2.75, 3.05) is 26.4 Å². The molecule has 2 aliphatic heterocycles. The second kappa shape index (κ2) is 7.76. The molecule has 0 N–H and O–H groups in total. The topological polar surface area (TPSA) is 52.8 Å². The Morgan fingerprint density at radius 1 is 0.613 bits per heavy atom. The summed E-state index contributed by atoms with van der Waals surface area (Å²) in [5.74, 6) is 2.75. The van der Waals surface area contributed by atoms with Crippen LogP contribution in [0.3, 0.4) is 0 Å². The molecule has 5 nitrogen and oxygen atoms in total. The summed E-state index contributed by atoms with van der Waals surface area (Å²) in [7, 11) is 0. The first kappa shape index (κ1) is 18.5. The average molecular weight is 414 g/mol. The van der Waals surface area contributed by atoms with Gasteiger partial charge in [-0.25, -0.2) is 0 Å². The van der Waals surface area contributed by atoms with E-state index in [1.54, 1.807) is 0 Å². The molecule has 0 amide bonds. The maximum absolute atomic E-state index is 6.64. The second-order valence-corrected chi connectivity index (χ2v) is 7.86. The first-order chi connectivity index (χ1) is 15.3. The van der Waals surface area contributed by atoms with Crippen LogP contribution in [0.15, 0.2) is 72.8 Å². The normalized spacial score (nSPS) is 19.4. The summed E-state index contributed by atoms with van der Waals surface area (Å²) in [5, 5.41) is 4.14. The highest BCUT2D eigenvalue weighted by Gasteiger charge is 2.26. The fourth-order valence-electron chi connectivity index (χ4n) is 3.68. The van der Waals surface area contributed by atoms with Crippen molar-refractivity contribution in [3.63, 3.8) is 0 Å². The van der Waals surface area contributed by atoms with Crippen LogP contribution in [0.5, 0.6) is 23.0 Å². The molecule has 0 radical (unpaired) electrons. The molecule has 2 saturated heterocycles. The number of hydrogen-bond donors (Lipinski definition) is 0. The lowest BCUT2D eigenvalue weighted by Crippen LogP contribution is -2.07. The number of fused-ring (bicyclic) bond motifs is 2. The third kappa shape index (κ3) is 3.90. The highest BCUT2D eigenvalue weighted by atomic mass is 16.6. The maximum Gasteiger partial charge on any atom is 0.177 e. The standard InChI is InChI=1S/C26H22O5/c1-3-7-21-17(5-1)9-11-23(29-15-19-13-27-19)25(21)31-26-22-8-4-2-6-18(22)10-12-24(26)30-16-20-14-28-20/h1-12,19-20H,13-16H2. The molecule has 4 aromatic carbocycles. The molecule has 0 aromatic heterocycles. The van der Waals surface area contributed by atoms with Crippen molar-refractivity contribution >= 4 is 21.5 Å². The van der Waals surface area contributed by atoms with Crippen LogP contribution < -0.4 is 14.2 Å². The van der Waals surface area contributed by atoms with Crippen LogP contribution in [-0.4, -0.2) is 38.6 Å². The van der Waals surface area contributed by atoms with E-state index in [4.69, 9.17) is 23.7 Å². The van der Waals surface area contributed by atoms with Crippen LogP contribution in [0.25, 0.3) is 21.5 Å². The molecule has 0 bridgehead atoms. The predicted octanol–water partition coefficient (Wildman–Crippen LogP) is 5.34. The summed E-state index contributed by atoms with van der Waals surface area (Å²) < 4.78 is 29.5. The van der Waals surface area contributed by atoms with Crippen molar-refractivity contribution in [1.29, 1.82) is 0 Å². The lowest BCUT2D eigenvalue weighted by Gasteiger charge is -2.18. The van der Waals surface area contributed by atoms with Gasteiger partial charge in [0.15, 0.2) is 23.0 Å². The van der Waals surface area contributed by atoms with Gasteiger partial charge < -0.3 is 23.7 Å².